The van der Waals surface area contributed by atoms with Gasteiger partial charge in [0.1, 0.15) is 5.75 Å². The van der Waals surface area contributed by atoms with Crippen molar-refractivity contribution in [2.75, 3.05) is 7.11 Å². The van der Waals surface area contributed by atoms with Crippen molar-refractivity contribution in [2.45, 2.75) is 18.4 Å². The molecule has 0 amide bonds. The van der Waals surface area contributed by atoms with Crippen molar-refractivity contribution in [3.63, 3.8) is 0 Å². The zero-order chi connectivity index (χ0) is 9.42. The van der Waals surface area contributed by atoms with Crippen LogP contribution < -0.4 is 10.5 Å². The summed E-state index contributed by atoms with van der Waals surface area (Å²) in [4.78, 5) is 0. The summed E-state index contributed by atoms with van der Waals surface area (Å²) in [7, 11) is 1.66. The molecular weight excluding hydrogens is 186 g/mol. The normalized spacial score (nSPS) is 25.8. The summed E-state index contributed by atoms with van der Waals surface area (Å²) in [5.41, 5.74) is 6.85. The largest absolute Gasteiger partial charge is 0.496 e. The molecule has 2 atom stereocenters. The number of benzene rings is 1. The number of rotatable bonds is 2. The molecule has 1 aliphatic carbocycles. The summed E-state index contributed by atoms with van der Waals surface area (Å²) in [6.07, 6.45) is 1.01. The van der Waals surface area contributed by atoms with Gasteiger partial charge in [0.2, 0.25) is 0 Å². The minimum Gasteiger partial charge on any atom is -0.496 e. The number of hydrogen-bond acceptors (Lipinski definition) is 2. The van der Waals surface area contributed by atoms with Gasteiger partial charge in [-0.05, 0) is 18.6 Å². The Hall–Kier alpha value is -0.730. The molecule has 1 aromatic rings. The first-order valence-electron chi connectivity index (χ1n) is 4.32. The molecule has 2 rings (SSSR count). The van der Waals surface area contributed by atoms with Gasteiger partial charge in [-0.25, -0.2) is 0 Å². The lowest BCUT2D eigenvalue weighted by molar-refractivity contribution is 0.409. The first-order valence-corrected chi connectivity index (χ1v) is 4.70. The van der Waals surface area contributed by atoms with Gasteiger partial charge in [0.25, 0.3) is 0 Å². The summed E-state index contributed by atoms with van der Waals surface area (Å²) in [5.74, 6) is 1.24. The van der Waals surface area contributed by atoms with Crippen LogP contribution in [0.25, 0.3) is 0 Å². The van der Waals surface area contributed by atoms with E-state index in [9.17, 15) is 0 Å². The summed E-state index contributed by atoms with van der Waals surface area (Å²) < 4.78 is 5.24. The monoisotopic (exact) mass is 197 g/mol. The Morgan fingerprint density at radius 3 is 2.77 bits per heavy atom. The number of halogens is 1. The summed E-state index contributed by atoms with van der Waals surface area (Å²) in [6.45, 7) is 0. The predicted octanol–water partition coefficient (Wildman–Crippen LogP) is 2.16. The van der Waals surface area contributed by atoms with E-state index in [0.29, 0.717) is 5.92 Å². The maximum absolute atomic E-state index is 6.07. The molecule has 0 saturated heterocycles. The van der Waals surface area contributed by atoms with E-state index in [1.54, 1.807) is 7.11 Å². The standard InChI is InChI=1S/C10H12ClNO/c1-13-9-4-2-3-7(11)10(9)6-5-8(6)12/h2-4,6,8H,5,12H2,1H3/t6-,8-/m1/s1. The van der Waals surface area contributed by atoms with E-state index in [2.05, 4.69) is 0 Å². The summed E-state index contributed by atoms with van der Waals surface area (Å²) in [6, 6.07) is 5.95. The Labute approximate surface area is 82.6 Å². The fourth-order valence-electron chi connectivity index (χ4n) is 1.60. The zero-order valence-electron chi connectivity index (χ0n) is 7.46. The van der Waals surface area contributed by atoms with E-state index in [1.807, 2.05) is 18.2 Å². The molecule has 0 aromatic heterocycles. The Bertz CT molecular complexity index is 327. The van der Waals surface area contributed by atoms with Crippen LogP contribution in [0.3, 0.4) is 0 Å². The number of hydrogen-bond donors (Lipinski definition) is 1. The second-order valence-electron chi connectivity index (χ2n) is 3.36. The zero-order valence-corrected chi connectivity index (χ0v) is 8.21. The lowest BCUT2D eigenvalue weighted by atomic mass is 10.1. The molecular formula is C10H12ClNO. The number of nitrogens with two attached hydrogens (primary N) is 1. The second kappa shape index (κ2) is 3.20. The van der Waals surface area contributed by atoms with E-state index < -0.39 is 0 Å². The van der Waals surface area contributed by atoms with Gasteiger partial charge in [-0.2, -0.15) is 0 Å². The number of methoxy groups -OCH3 is 1. The molecule has 70 valence electrons. The first kappa shape index (κ1) is 8.85. The molecule has 0 spiro atoms. The average molecular weight is 198 g/mol. The van der Waals surface area contributed by atoms with Crippen LogP contribution in [0.1, 0.15) is 17.9 Å². The molecule has 3 heteroatoms. The first-order chi connectivity index (χ1) is 6.24. The van der Waals surface area contributed by atoms with Crippen molar-refractivity contribution in [3.8, 4) is 5.75 Å². The third-order valence-electron chi connectivity index (χ3n) is 2.44. The topological polar surface area (TPSA) is 35.2 Å². The highest BCUT2D eigenvalue weighted by molar-refractivity contribution is 6.31. The van der Waals surface area contributed by atoms with E-state index in [0.717, 1.165) is 22.8 Å². The maximum atomic E-state index is 6.07. The van der Waals surface area contributed by atoms with Gasteiger partial charge in [0, 0.05) is 22.5 Å². The number of ether oxygens (including phenoxy) is 1. The van der Waals surface area contributed by atoms with Gasteiger partial charge in [0.15, 0.2) is 0 Å². The van der Waals surface area contributed by atoms with Gasteiger partial charge in [-0.15, -0.1) is 0 Å². The molecule has 1 fully saturated rings. The van der Waals surface area contributed by atoms with Gasteiger partial charge in [-0.3, -0.25) is 0 Å². The van der Waals surface area contributed by atoms with Gasteiger partial charge in [0.05, 0.1) is 7.11 Å². The van der Waals surface area contributed by atoms with Crippen LogP contribution in [0.2, 0.25) is 5.02 Å². The summed E-state index contributed by atoms with van der Waals surface area (Å²) >= 11 is 6.07. The molecule has 1 aliphatic rings. The van der Waals surface area contributed by atoms with Gasteiger partial charge < -0.3 is 10.5 Å². The predicted molar refractivity (Wildman–Crippen MR) is 53.3 cm³/mol. The van der Waals surface area contributed by atoms with Crippen molar-refractivity contribution < 1.29 is 4.74 Å². The molecule has 0 unspecified atom stereocenters. The van der Waals surface area contributed by atoms with Crippen LogP contribution in [0.4, 0.5) is 0 Å². The van der Waals surface area contributed by atoms with Gasteiger partial charge >= 0.3 is 0 Å². The highest BCUT2D eigenvalue weighted by atomic mass is 35.5. The van der Waals surface area contributed by atoms with E-state index in [-0.39, 0.29) is 6.04 Å². The van der Waals surface area contributed by atoms with Gasteiger partial charge in [-0.1, -0.05) is 17.7 Å². The van der Waals surface area contributed by atoms with E-state index in [4.69, 9.17) is 22.1 Å². The second-order valence-corrected chi connectivity index (χ2v) is 3.77. The van der Waals surface area contributed by atoms with Crippen LogP contribution in [0, 0.1) is 0 Å². The molecule has 0 aliphatic heterocycles. The van der Waals surface area contributed by atoms with Crippen molar-refractivity contribution in [3.05, 3.63) is 28.8 Å². The molecule has 2 N–H and O–H groups in total. The molecule has 0 radical (unpaired) electrons. The lowest BCUT2D eigenvalue weighted by Crippen LogP contribution is -2.02. The van der Waals surface area contributed by atoms with Crippen LogP contribution in [0.5, 0.6) is 5.75 Å². The van der Waals surface area contributed by atoms with Crippen molar-refractivity contribution in [1.82, 2.24) is 0 Å². The minimum absolute atomic E-state index is 0.258. The van der Waals surface area contributed by atoms with Crippen LogP contribution in [-0.4, -0.2) is 13.2 Å². The molecule has 1 aromatic carbocycles. The Kier molecular flexibility index (Phi) is 2.18. The van der Waals surface area contributed by atoms with Crippen molar-refractivity contribution in [1.29, 1.82) is 0 Å². The molecule has 2 nitrogen and oxygen atoms in total. The Balaban J connectivity index is 2.41. The highest BCUT2D eigenvalue weighted by Gasteiger charge is 2.38. The third-order valence-corrected chi connectivity index (χ3v) is 2.77. The quantitative estimate of drug-likeness (QED) is 0.789. The third kappa shape index (κ3) is 1.52. The van der Waals surface area contributed by atoms with Crippen LogP contribution >= 0.6 is 11.6 Å². The Morgan fingerprint density at radius 2 is 2.23 bits per heavy atom. The lowest BCUT2D eigenvalue weighted by Gasteiger charge is -2.08. The SMILES string of the molecule is COc1cccc(Cl)c1[C@@H]1C[C@H]1N. The average Bonchev–Trinajstić information content (AvgIpc) is 2.82. The highest BCUT2D eigenvalue weighted by Crippen LogP contribution is 2.46. The maximum Gasteiger partial charge on any atom is 0.123 e. The fraction of sp³-hybridized carbons (Fsp3) is 0.400. The van der Waals surface area contributed by atoms with Crippen molar-refractivity contribution >= 4 is 11.6 Å². The Morgan fingerprint density at radius 1 is 1.54 bits per heavy atom. The van der Waals surface area contributed by atoms with E-state index >= 15 is 0 Å². The smallest absolute Gasteiger partial charge is 0.123 e. The minimum atomic E-state index is 0.258. The van der Waals surface area contributed by atoms with Crippen molar-refractivity contribution in [2.24, 2.45) is 5.73 Å². The molecule has 1 saturated carbocycles. The van der Waals surface area contributed by atoms with Crippen LogP contribution in [-0.2, 0) is 0 Å². The summed E-state index contributed by atoms with van der Waals surface area (Å²) in [5, 5.41) is 0.761. The molecule has 0 bridgehead atoms. The van der Waals surface area contributed by atoms with E-state index in [1.165, 1.54) is 0 Å². The molecule has 0 heterocycles. The molecule has 13 heavy (non-hydrogen) atoms. The fourth-order valence-corrected chi connectivity index (χ4v) is 1.91. The van der Waals surface area contributed by atoms with Crippen LogP contribution in [0.15, 0.2) is 18.2 Å².